The molecule has 54 heavy (non-hydrogen) atoms. The molecule has 0 radical (unpaired) electrons. The summed E-state index contributed by atoms with van der Waals surface area (Å²) in [4.78, 5) is 11.8. The lowest BCUT2D eigenvalue weighted by Crippen LogP contribution is -2.09. The van der Waals surface area contributed by atoms with Gasteiger partial charge in [-0.1, -0.05) is 103 Å². The molecule has 0 aliphatic rings. The van der Waals surface area contributed by atoms with Crippen LogP contribution in [0.2, 0.25) is 0 Å². The van der Waals surface area contributed by atoms with Gasteiger partial charge >= 0.3 is 0 Å². The van der Waals surface area contributed by atoms with Crippen LogP contribution in [0.5, 0.6) is 0 Å². The quantitative estimate of drug-likeness (QED) is 0.163. The average molecular weight is 693 g/mol. The minimum absolute atomic E-state index is 0.935. The van der Waals surface area contributed by atoms with Gasteiger partial charge < -0.3 is 9.47 Å². The summed E-state index contributed by atoms with van der Waals surface area (Å²) in [6.45, 7) is 4.50. The summed E-state index contributed by atoms with van der Waals surface area (Å²) >= 11 is 0. The summed E-state index contributed by atoms with van der Waals surface area (Å²) in [6.07, 6.45) is 3.79. The molecule has 0 unspecified atom stereocenters. The number of rotatable bonds is 6. The third-order valence-corrected chi connectivity index (χ3v) is 10.9. The zero-order chi connectivity index (χ0) is 36.2. The Bertz CT molecular complexity index is 2960. The van der Waals surface area contributed by atoms with Crippen LogP contribution in [0.15, 0.2) is 182 Å². The summed E-state index contributed by atoms with van der Waals surface area (Å²) in [5, 5.41) is 4.66. The van der Waals surface area contributed by atoms with E-state index >= 15 is 0 Å². The Morgan fingerprint density at radius 1 is 0.444 bits per heavy atom. The van der Waals surface area contributed by atoms with Crippen LogP contribution in [0, 0.1) is 13.8 Å². The number of para-hydroxylation sites is 3. The molecule has 10 rings (SSSR count). The van der Waals surface area contributed by atoms with Crippen LogP contribution in [0.4, 0.5) is 17.1 Å². The smallest absolute Gasteiger partial charge is 0.0964 e. The number of aromatic nitrogens is 3. The van der Waals surface area contributed by atoms with Gasteiger partial charge in [0.2, 0.25) is 0 Å². The molecule has 0 atom stereocenters. The van der Waals surface area contributed by atoms with E-state index in [4.69, 9.17) is 4.98 Å². The zero-order valence-corrected chi connectivity index (χ0v) is 30.1. The fourth-order valence-electron chi connectivity index (χ4n) is 8.06. The standard InChI is InChI=1S/C50H36N4/c1-33-34(2)46(28-26-43(33)36-21-19-35(20-22-36)39-30-38-24-23-37-12-11-29-51-49(37)50(38)52-32-39)54-47-18-10-9-17-44(47)45-31-42(25-27-48(45)54)53(40-13-5-3-6-14-40)41-15-7-4-8-16-41/h3-32H,1-2H3. The van der Waals surface area contributed by atoms with E-state index in [1.807, 2.05) is 18.5 Å². The van der Waals surface area contributed by atoms with Gasteiger partial charge in [0.25, 0.3) is 0 Å². The zero-order valence-electron chi connectivity index (χ0n) is 30.1. The lowest BCUT2D eigenvalue weighted by Gasteiger charge is -2.25. The second-order valence-electron chi connectivity index (χ2n) is 14.0. The van der Waals surface area contributed by atoms with Gasteiger partial charge in [0, 0.05) is 62.3 Å². The van der Waals surface area contributed by atoms with Gasteiger partial charge in [-0.25, -0.2) is 0 Å². The van der Waals surface area contributed by atoms with Crippen LogP contribution >= 0.6 is 0 Å². The predicted octanol–water partition coefficient (Wildman–Crippen LogP) is 13.3. The molecule has 10 aromatic rings. The van der Waals surface area contributed by atoms with E-state index in [1.54, 1.807) is 0 Å². The molecule has 0 spiro atoms. The molecular formula is C50H36N4. The molecule has 3 aromatic heterocycles. The maximum atomic E-state index is 4.84. The molecule has 4 nitrogen and oxygen atoms in total. The van der Waals surface area contributed by atoms with Crippen LogP contribution in [-0.4, -0.2) is 14.5 Å². The number of benzene rings is 7. The molecule has 0 N–H and O–H groups in total. The Kier molecular flexibility index (Phi) is 7.55. The average Bonchev–Trinajstić information content (AvgIpc) is 3.56. The summed E-state index contributed by atoms with van der Waals surface area (Å²) in [7, 11) is 0. The SMILES string of the molecule is Cc1c(-c2ccc(-c3cnc4c(ccc5cccnc54)c3)cc2)ccc(-n2c3ccccc3c3cc(N(c4ccccc4)c4ccccc4)ccc32)c1C. The first kappa shape index (κ1) is 31.7. The van der Waals surface area contributed by atoms with E-state index in [0.29, 0.717) is 0 Å². The molecule has 0 saturated heterocycles. The molecule has 256 valence electrons. The van der Waals surface area contributed by atoms with Crippen molar-refractivity contribution in [1.29, 1.82) is 0 Å². The van der Waals surface area contributed by atoms with E-state index in [9.17, 15) is 0 Å². The van der Waals surface area contributed by atoms with Gasteiger partial charge in [-0.3, -0.25) is 9.97 Å². The highest BCUT2D eigenvalue weighted by atomic mass is 15.1. The molecule has 0 saturated carbocycles. The number of hydrogen-bond acceptors (Lipinski definition) is 3. The number of hydrogen-bond donors (Lipinski definition) is 0. The molecule has 7 aromatic carbocycles. The van der Waals surface area contributed by atoms with Gasteiger partial charge in [-0.2, -0.15) is 0 Å². The Morgan fingerprint density at radius 2 is 1.11 bits per heavy atom. The summed E-state index contributed by atoms with van der Waals surface area (Å²) in [5.74, 6) is 0. The highest BCUT2D eigenvalue weighted by Crippen LogP contribution is 2.41. The van der Waals surface area contributed by atoms with E-state index in [2.05, 4.69) is 192 Å². The molecule has 0 amide bonds. The normalized spacial score (nSPS) is 11.5. The van der Waals surface area contributed by atoms with Gasteiger partial charge in [0.15, 0.2) is 0 Å². The van der Waals surface area contributed by atoms with Crippen molar-refractivity contribution < 1.29 is 0 Å². The van der Waals surface area contributed by atoms with Crippen molar-refractivity contribution in [2.24, 2.45) is 0 Å². The van der Waals surface area contributed by atoms with E-state index < -0.39 is 0 Å². The topological polar surface area (TPSA) is 34.0 Å². The number of fused-ring (bicyclic) bond motifs is 6. The van der Waals surface area contributed by atoms with Gasteiger partial charge in [-0.15, -0.1) is 0 Å². The third kappa shape index (κ3) is 5.22. The predicted molar refractivity (Wildman–Crippen MR) is 226 cm³/mol. The first-order valence-corrected chi connectivity index (χ1v) is 18.4. The van der Waals surface area contributed by atoms with Crippen molar-refractivity contribution in [3.05, 3.63) is 193 Å². The Morgan fingerprint density at radius 3 is 1.89 bits per heavy atom. The molecule has 3 heterocycles. The second-order valence-corrected chi connectivity index (χ2v) is 14.0. The Hall–Kier alpha value is -7.04. The molecule has 0 aliphatic heterocycles. The maximum Gasteiger partial charge on any atom is 0.0964 e. The van der Waals surface area contributed by atoms with Crippen LogP contribution < -0.4 is 4.90 Å². The van der Waals surface area contributed by atoms with Gasteiger partial charge in [0.1, 0.15) is 0 Å². The first-order valence-electron chi connectivity index (χ1n) is 18.4. The number of pyridine rings is 2. The fraction of sp³-hybridized carbons (Fsp3) is 0.0400. The minimum atomic E-state index is 0.935. The van der Waals surface area contributed by atoms with Crippen LogP contribution in [0.1, 0.15) is 11.1 Å². The fourth-order valence-corrected chi connectivity index (χ4v) is 8.06. The Labute approximate surface area is 314 Å². The van der Waals surface area contributed by atoms with Crippen LogP contribution in [0.3, 0.4) is 0 Å². The van der Waals surface area contributed by atoms with E-state index in [-0.39, 0.29) is 0 Å². The van der Waals surface area contributed by atoms with Crippen molar-refractivity contribution >= 4 is 60.7 Å². The van der Waals surface area contributed by atoms with Crippen molar-refractivity contribution in [1.82, 2.24) is 14.5 Å². The number of nitrogens with zero attached hydrogens (tertiary/aromatic N) is 4. The van der Waals surface area contributed by atoms with Crippen molar-refractivity contribution in [3.63, 3.8) is 0 Å². The van der Waals surface area contributed by atoms with Crippen molar-refractivity contribution in [2.45, 2.75) is 13.8 Å². The molecular weight excluding hydrogens is 657 g/mol. The minimum Gasteiger partial charge on any atom is -0.310 e. The highest BCUT2D eigenvalue weighted by Gasteiger charge is 2.19. The summed E-state index contributed by atoms with van der Waals surface area (Å²) in [6, 6.07) is 60.8. The van der Waals surface area contributed by atoms with E-state index in [0.717, 1.165) is 50.0 Å². The molecule has 0 aliphatic carbocycles. The maximum absolute atomic E-state index is 4.84. The van der Waals surface area contributed by atoms with Crippen LogP contribution in [-0.2, 0) is 0 Å². The Balaban J connectivity index is 1.03. The third-order valence-electron chi connectivity index (χ3n) is 10.9. The largest absolute Gasteiger partial charge is 0.310 e. The van der Waals surface area contributed by atoms with Crippen molar-refractivity contribution in [3.8, 4) is 27.9 Å². The highest BCUT2D eigenvalue weighted by molar-refractivity contribution is 6.11. The first-order chi connectivity index (χ1) is 26.6. The lowest BCUT2D eigenvalue weighted by atomic mass is 9.94. The monoisotopic (exact) mass is 692 g/mol. The lowest BCUT2D eigenvalue weighted by molar-refractivity contribution is 1.13. The van der Waals surface area contributed by atoms with E-state index in [1.165, 1.54) is 49.7 Å². The summed E-state index contributed by atoms with van der Waals surface area (Å²) in [5.41, 5.74) is 16.0. The van der Waals surface area contributed by atoms with Gasteiger partial charge in [-0.05, 0) is 108 Å². The molecule has 4 heteroatoms. The van der Waals surface area contributed by atoms with Gasteiger partial charge in [0.05, 0.1) is 22.1 Å². The van der Waals surface area contributed by atoms with Crippen molar-refractivity contribution in [2.75, 3.05) is 4.90 Å². The second kappa shape index (κ2) is 12.9. The molecule has 0 fully saturated rings. The number of anilines is 3. The molecule has 0 bridgehead atoms. The van der Waals surface area contributed by atoms with Crippen LogP contribution in [0.25, 0.3) is 71.6 Å². The summed E-state index contributed by atoms with van der Waals surface area (Å²) < 4.78 is 2.44.